The number of rotatable bonds is 2. The standard InChI is InChI=1S/C10H9ClOS2/c11-8-1-3-9(4-2-8)13-10-5-6-14(12)7-10/h1-6,10H,7H2. The van der Waals surface area contributed by atoms with Gasteiger partial charge in [0.1, 0.15) is 0 Å². The molecule has 0 saturated carbocycles. The van der Waals surface area contributed by atoms with Crippen LogP contribution in [0.3, 0.4) is 0 Å². The van der Waals surface area contributed by atoms with Gasteiger partial charge in [-0.15, -0.1) is 11.8 Å². The van der Waals surface area contributed by atoms with Crippen molar-refractivity contribution >= 4 is 34.2 Å². The molecule has 0 radical (unpaired) electrons. The molecule has 0 fully saturated rings. The molecule has 2 rings (SSSR count). The van der Waals surface area contributed by atoms with E-state index in [1.807, 2.05) is 30.3 Å². The maximum Gasteiger partial charge on any atom is 0.0467 e. The number of hydrogen-bond acceptors (Lipinski definition) is 2. The highest BCUT2D eigenvalue weighted by Gasteiger charge is 2.15. The van der Waals surface area contributed by atoms with Gasteiger partial charge in [-0.1, -0.05) is 17.7 Å². The van der Waals surface area contributed by atoms with Crippen LogP contribution < -0.4 is 0 Å². The Morgan fingerprint density at radius 1 is 1.36 bits per heavy atom. The third-order valence-corrected chi connectivity index (χ3v) is 4.66. The number of hydrogen-bond donors (Lipinski definition) is 0. The van der Waals surface area contributed by atoms with Crippen LogP contribution in [0, 0.1) is 0 Å². The van der Waals surface area contributed by atoms with E-state index in [1.54, 1.807) is 17.2 Å². The summed E-state index contributed by atoms with van der Waals surface area (Å²) in [6.45, 7) is 0. The van der Waals surface area contributed by atoms with Gasteiger partial charge in [0.2, 0.25) is 0 Å². The summed E-state index contributed by atoms with van der Waals surface area (Å²) in [7, 11) is -0.758. The van der Waals surface area contributed by atoms with Gasteiger partial charge < -0.3 is 0 Å². The highest BCUT2D eigenvalue weighted by atomic mass is 35.5. The fourth-order valence-corrected chi connectivity index (χ4v) is 3.82. The summed E-state index contributed by atoms with van der Waals surface area (Å²) in [6.07, 6.45) is 2.01. The lowest BCUT2D eigenvalue weighted by Crippen LogP contribution is -2.01. The lowest BCUT2D eigenvalue weighted by molar-refractivity contribution is 0.689. The van der Waals surface area contributed by atoms with Crippen molar-refractivity contribution in [2.75, 3.05) is 5.75 Å². The van der Waals surface area contributed by atoms with Crippen molar-refractivity contribution in [2.45, 2.75) is 10.1 Å². The topological polar surface area (TPSA) is 17.1 Å². The molecule has 14 heavy (non-hydrogen) atoms. The number of benzene rings is 1. The second-order valence-corrected chi connectivity index (χ2v) is 6.10. The smallest absolute Gasteiger partial charge is 0.0467 e. The van der Waals surface area contributed by atoms with Crippen molar-refractivity contribution in [3.63, 3.8) is 0 Å². The summed E-state index contributed by atoms with van der Waals surface area (Å²) in [5.74, 6) is 0.729. The predicted octanol–water partition coefficient (Wildman–Crippen LogP) is 3.08. The molecule has 1 aromatic rings. The van der Waals surface area contributed by atoms with Crippen molar-refractivity contribution in [1.82, 2.24) is 0 Å². The van der Waals surface area contributed by atoms with Crippen LogP contribution in [0.5, 0.6) is 0 Å². The summed E-state index contributed by atoms with van der Waals surface area (Å²) in [5.41, 5.74) is 0. The molecular formula is C10H9ClOS2. The van der Waals surface area contributed by atoms with Crippen molar-refractivity contribution < 1.29 is 4.21 Å². The zero-order valence-corrected chi connectivity index (χ0v) is 9.74. The van der Waals surface area contributed by atoms with Crippen LogP contribution in [0.2, 0.25) is 5.02 Å². The zero-order valence-electron chi connectivity index (χ0n) is 7.35. The minimum absolute atomic E-state index is 0.344. The van der Waals surface area contributed by atoms with Crippen molar-refractivity contribution in [2.24, 2.45) is 0 Å². The fourth-order valence-electron chi connectivity index (χ4n) is 1.21. The molecule has 4 heteroatoms. The van der Waals surface area contributed by atoms with E-state index in [9.17, 15) is 4.21 Å². The quantitative estimate of drug-likeness (QED) is 0.796. The molecule has 0 saturated heterocycles. The van der Waals surface area contributed by atoms with Gasteiger partial charge >= 0.3 is 0 Å². The van der Waals surface area contributed by atoms with E-state index in [-0.39, 0.29) is 0 Å². The average molecular weight is 245 g/mol. The normalized spacial score (nSPS) is 25.5. The van der Waals surface area contributed by atoms with Crippen LogP contribution in [0.1, 0.15) is 0 Å². The highest BCUT2D eigenvalue weighted by molar-refractivity contribution is 8.01. The van der Waals surface area contributed by atoms with E-state index in [4.69, 9.17) is 11.6 Å². The molecule has 1 heterocycles. The maximum absolute atomic E-state index is 11.1. The Labute approximate surface area is 95.0 Å². The average Bonchev–Trinajstić information content (AvgIpc) is 2.56. The molecule has 74 valence electrons. The molecule has 2 atom stereocenters. The Morgan fingerprint density at radius 3 is 2.64 bits per heavy atom. The van der Waals surface area contributed by atoms with Gasteiger partial charge in [-0.05, 0) is 29.7 Å². The van der Waals surface area contributed by atoms with E-state index < -0.39 is 10.8 Å². The lowest BCUT2D eigenvalue weighted by Gasteiger charge is -2.05. The first kappa shape index (κ1) is 10.3. The molecule has 0 N–H and O–H groups in total. The number of thioether (sulfide) groups is 1. The summed E-state index contributed by atoms with van der Waals surface area (Å²) >= 11 is 7.50. The second kappa shape index (κ2) is 4.51. The minimum Gasteiger partial charge on any atom is -0.255 e. The summed E-state index contributed by atoms with van der Waals surface area (Å²) < 4.78 is 11.1. The molecule has 1 aliphatic rings. The van der Waals surface area contributed by atoms with Crippen LogP contribution in [0.15, 0.2) is 40.6 Å². The monoisotopic (exact) mass is 244 g/mol. The SMILES string of the molecule is O=S1C=CC(Sc2ccc(Cl)cc2)C1. The third kappa shape index (κ3) is 2.62. The first-order valence-corrected chi connectivity index (χ1v) is 6.86. The van der Waals surface area contributed by atoms with E-state index in [0.717, 1.165) is 10.8 Å². The fraction of sp³-hybridized carbons (Fsp3) is 0.200. The Bertz CT molecular complexity index is 372. The van der Waals surface area contributed by atoms with Crippen molar-refractivity contribution in [3.05, 3.63) is 40.8 Å². The van der Waals surface area contributed by atoms with Gasteiger partial charge in [0.15, 0.2) is 0 Å². The van der Waals surface area contributed by atoms with Gasteiger partial charge in [-0.25, -0.2) is 0 Å². The van der Waals surface area contributed by atoms with Gasteiger partial charge in [0.05, 0.1) is 0 Å². The van der Waals surface area contributed by atoms with Crippen LogP contribution >= 0.6 is 23.4 Å². The molecule has 0 amide bonds. The van der Waals surface area contributed by atoms with E-state index >= 15 is 0 Å². The zero-order chi connectivity index (χ0) is 9.97. The van der Waals surface area contributed by atoms with E-state index in [2.05, 4.69) is 0 Å². The van der Waals surface area contributed by atoms with Crippen molar-refractivity contribution in [1.29, 1.82) is 0 Å². The minimum atomic E-state index is -0.758. The van der Waals surface area contributed by atoms with Crippen LogP contribution in [-0.2, 0) is 10.8 Å². The summed E-state index contributed by atoms with van der Waals surface area (Å²) in [4.78, 5) is 1.17. The molecular weight excluding hydrogens is 236 g/mol. The predicted molar refractivity (Wildman–Crippen MR) is 63.2 cm³/mol. The molecule has 1 aliphatic heterocycles. The third-order valence-electron chi connectivity index (χ3n) is 1.87. The van der Waals surface area contributed by atoms with Gasteiger partial charge in [-0.2, -0.15) is 0 Å². The highest BCUT2D eigenvalue weighted by Crippen LogP contribution is 2.28. The molecule has 1 nitrogen and oxygen atoms in total. The van der Waals surface area contributed by atoms with Gasteiger partial charge in [-0.3, -0.25) is 4.21 Å². The molecule has 0 bridgehead atoms. The Hall–Kier alpha value is -0.250. The lowest BCUT2D eigenvalue weighted by atomic mass is 10.4. The molecule has 1 aromatic carbocycles. The van der Waals surface area contributed by atoms with E-state index in [1.165, 1.54) is 4.90 Å². The van der Waals surface area contributed by atoms with Gasteiger partial charge in [0, 0.05) is 31.7 Å². The molecule has 0 aliphatic carbocycles. The summed E-state index contributed by atoms with van der Waals surface area (Å²) in [6, 6.07) is 7.73. The largest absolute Gasteiger partial charge is 0.255 e. The molecule has 0 aromatic heterocycles. The van der Waals surface area contributed by atoms with E-state index in [0.29, 0.717) is 5.25 Å². The maximum atomic E-state index is 11.1. The van der Waals surface area contributed by atoms with Crippen LogP contribution in [0.25, 0.3) is 0 Å². The first-order valence-electron chi connectivity index (χ1n) is 4.22. The van der Waals surface area contributed by atoms with Crippen LogP contribution in [0.4, 0.5) is 0 Å². The van der Waals surface area contributed by atoms with Crippen molar-refractivity contribution in [3.8, 4) is 0 Å². The Kier molecular flexibility index (Phi) is 3.31. The van der Waals surface area contributed by atoms with Gasteiger partial charge in [0.25, 0.3) is 0 Å². The summed E-state index contributed by atoms with van der Waals surface area (Å²) in [5, 5.41) is 2.87. The van der Waals surface area contributed by atoms with Crippen LogP contribution in [-0.4, -0.2) is 15.2 Å². The molecule has 2 unspecified atom stereocenters. The molecule has 0 spiro atoms. The Balaban J connectivity index is 2.01. The first-order chi connectivity index (χ1) is 6.74. The Morgan fingerprint density at radius 2 is 2.07 bits per heavy atom. The number of halogens is 1. The second-order valence-electron chi connectivity index (χ2n) is 2.99.